The zero-order valence-electron chi connectivity index (χ0n) is 16.4. The van der Waals surface area contributed by atoms with Crippen molar-refractivity contribution in [2.45, 2.75) is 46.3 Å². The van der Waals surface area contributed by atoms with E-state index < -0.39 is 12.1 Å². The molecule has 0 aliphatic carbocycles. The van der Waals surface area contributed by atoms with Gasteiger partial charge in [-0.15, -0.1) is 0 Å². The quantitative estimate of drug-likeness (QED) is 0.432. The van der Waals surface area contributed by atoms with Crippen molar-refractivity contribution in [1.29, 1.82) is 0 Å². The Morgan fingerprint density at radius 2 is 1.63 bits per heavy atom. The fourth-order valence-corrected chi connectivity index (χ4v) is 2.68. The van der Waals surface area contributed by atoms with E-state index >= 15 is 0 Å². The number of para-hydroxylation sites is 1. The second-order valence-corrected chi connectivity index (χ2v) is 6.80. The molecular weight excluding hydrogens is 346 g/mol. The monoisotopic (exact) mass is 372 g/mol. The molecule has 1 aromatic heterocycles. The molecule has 1 aromatic carbocycles. The number of carbonyl (C=O) groups excluding carboxylic acids is 2. The molecule has 0 saturated heterocycles. The Morgan fingerprint density at radius 1 is 1.00 bits per heavy atom. The van der Waals surface area contributed by atoms with E-state index in [9.17, 15) is 9.59 Å². The normalized spacial score (nSPS) is 10.8. The number of carbonyl (C=O) groups is 2. The molecule has 27 heavy (non-hydrogen) atoms. The van der Waals surface area contributed by atoms with Gasteiger partial charge < -0.3 is 14.2 Å². The van der Waals surface area contributed by atoms with Gasteiger partial charge in [0.2, 0.25) is 0 Å². The molecule has 144 valence electrons. The zero-order valence-corrected chi connectivity index (χ0v) is 16.4. The summed E-state index contributed by atoms with van der Waals surface area (Å²) in [5, 5.41) is 0. The van der Waals surface area contributed by atoms with Gasteiger partial charge >= 0.3 is 12.1 Å². The Labute approximate surface area is 159 Å². The van der Waals surface area contributed by atoms with Gasteiger partial charge in [0.1, 0.15) is 11.3 Å². The lowest BCUT2D eigenvalue weighted by Gasteiger charge is -2.18. The maximum atomic E-state index is 12.3. The van der Waals surface area contributed by atoms with Crippen LogP contribution in [0.3, 0.4) is 0 Å². The standard InChI is InChI=1S/C21H26NO5/c1-14(2)17-9-6-10-18(15(3)4)19(17)27-21(24)26-13-22-11-7-8-16(12-22)20(23)25-5/h6-12,14-15H,13H2,1-5H3/q+1. The van der Waals surface area contributed by atoms with Crippen LogP contribution in [0.2, 0.25) is 0 Å². The van der Waals surface area contributed by atoms with Crippen LogP contribution >= 0.6 is 0 Å². The minimum Gasteiger partial charge on any atom is -0.465 e. The molecule has 0 unspecified atom stereocenters. The summed E-state index contributed by atoms with van der Waals surface area (Å²) in [5.74, 6) is 0.510. The van der Waals surface area contributed by atoms with Crippen LogP contribution in [0.5, 0.6) is 5.75 Å². The van der Waals surface area contributed by atoms with Gasteiger partial charge in [0.25, 0.3) is 6.73 Å². The number of rotatable bonds is 6. The summed E-state index contributed by atoms with van der Waals surface area (Å²) >= 11 is 0. The van der Waals surface area contributed by atoms with Crippen molar-refractivity contribution >= 4 is 12.1 Å². The molecule has 6 nitrogen and oxygen atoms in total. The maximum Gasteiger partial charge on any atom is 0.518 e. The number of methoxy groups -OCH3 is 1. The number of pyridine rings is 1. The molecule has 0 N–H and O–H groups in total. The van der Waals surface area contributed by atoms with Crippen LogP contribution in [0.1, 0.15) is 61.0 Å². The van der Waals surface area contributed by atoms with Gasteiger partial charge in [-0.2, -0.15) is 4.57 Å². The lowest BCUT2D eigenvalue weighted by molar-refractivity contribution is -0.727. The summed E-state index contributed by atoms with van der Waals surface area (Å²) in [6.07, 6.45) is 2.43. The number of ether oxygens (including phenoxy) is 3. The van der Waals surface area contributed by atoms with E-state index in [0.717, 1.165) is 11.1 Å². The van der Waals surface area contributed by atoms with Gasteiger partial charge in [0.15, 0.2) is 12.4 Å². The van der Waals surface area contributed by atoms with Crippen molar-refractivity contribution in [3.8, 4) is 5.75 Å². The Hall–Kier alpha value is -2.89. The first-order valence-corrected chi connectivity index (χ1v) is 8.88. The Kier molecular flexibility index (Phi) is 6.93. The SMILES string of the molecule is COC(=O)c1ccc[n+](COC(=O)Oc2c(C(C)C)cccc2C(C)C)c1. The summed E-state index contributed by atoms with van der Waals surface area (Å²) in [7, 11) is 1.31. The molecule has 2 aromatic rings. The van der Waals surface area contributed by atoms with Crippen LogP contribution < -0.4 is 9.30 Å². The fourth-order valence-electron chi connectivity index (χ4n) is 2.68. The van der Waals surface area contributed by atoms with Crippen molar-refractivity contribution in [3.63, 3.8) is 0 Å². The molecule has 0 spiro atoms. The summed E-state index contributed by atoms with van der Waals surface area (Å²) in [5.41, 5.74) is 2.28. The molecule has 0 saturated carbocycles. The molecule has 0 fully saturated rings. The van der Waals surface area contributed by atoms with E-state index in [4.69, 9.17) is 9.47 Å². The molecule has 0 radical (unpaired) electrons. The topological polar surface area (TPSA) is 65.7 Å². The Morgan fingerprint density at radius 3 is 2.19 bits per heavy atom. The van der Waals surface area contributed by atoms with Crippen LogP contribution in [-0.4, -0.2) is 19.2 Å². The highest BCUT2D eigenvalue weighted by atomic mass is 16.7. The number of aromatic nitrogens is 1. The number of hydrogen-bond donors (Lipinski definition) is 0. The van der Waals surface area contributed by atoms with E-state index in [1.54, 1.807) is 29.1 Å². The molecule has 2 rings (SSSR count). The molecule has 0 aliphatic heterocycles. The van der Waals surface area contributed by atoms with E-state index in [1.165, 1.54) is 7.11 Å². The van der Waals surface area contributed by atoms with Gasteiger partial charge in [-0.25, -0.2) is 9.59 Å². The molecule has 6 heteroatoms. The minimum atomic E-state index is -0.791. The third-order valence-electron chi connectivity index (χ3n) is 4.12. The molecule has 0 aliphatic rings. The van der Waals surface area contributed by atoms with Crippen molar-refractivity contribution in [3.05, 3.63) is 59.4 Å². The van der Waals surface area contributed by atoms with Gasteiger partial charge in [0, 0.05) is 6.07 Å². The van der Waals surface area contributed by atoms with Crippen LogP contribution in [0.15, 0.2) is 42.7 Å². The Balaban J connectivity index is 2.12. The average Bonchev–Trinajstić information content (AvgIpc) is 2.65. The third kappa shape index (κ3) is 5.29. The first kappa shape index (κ1) is 20.4. The van der Waals surface area contributed by atoms with Crippen molar-refractivity contribution in [2.24, 2.45) is 0 Å². The lowest BCUT2D eigenvalue weighted by Crippen LogP contribution is -2.37. The lowest BCUT2D eigenvalue weighted by atomic mass is 9.94. The third-order valence-corrected chi connectivity index (χ3v) is 4.12. The van der Waals surface area contributed by atoms with Crippen LogP contribution in [0.25, 0.3) is 0 Å². The van der Waals surface area contributed by atoms with Crippen LogP contribution in [-0.2, 0) is 16.2 Å². The van der Waals surface area contributed by atoms with Crippen molar-refractivity contribution in [2.75, 3.05) is 7.11 Å². The maximum absolute atomic E-state index is 12.3. The molecular formula is C21H26NO5+. The Bertz CT molecular complexity index is 788. The van der Waals surface area contributed by atoms with E-state index in [0.29, 0.717) is 11.3 Å². The molecule has 0 atom stereocenters. The highest BCUT2D eigenvalue weighted by Gasteiger charge is 2.20. The fraction of sp³-hybridized carbons (Fsp3) is 0.381. The molecule has 1 heterocycles. The zero-order chi connectivity index (χ0) is 20.0. The van der Waals surface area contributed by atoms with E-state index in [2.05, 4.69) is 4.74 Å². The number of benzene rings is 1. The van der Waals surface area contributed by atoms with E-state index in [1.807, 2.05) is 45.9 Å². The number of hydrogen-bond acceptors (Lipinski definition) is 5. The van der Waals surface area contributed by atoms with Crippen LogP contribution in [0, 0.1) is 0 Å². The minimum absolute atomic E-state index is 0.0788. The first-order valence-electron chi connectivity index (χ1n) is 8.88. The van der Waals surface area contributed by atoms with Crippen LogP contribution in [0.4, 0.5) is 4.79 Å². The highest BCUT2D eigenvalue weighted by molar-refractivity contribution is 5.88. The van der Waals surface area contributed by atoms with Gasteiger partial charge in [-0.3, -0.25) is 0 Å². The predicted molar refractivity (Wildman–Crippen MR) is 99.7 cm³/mol. The van der Waals surface area contributed by atoms with Gasteiger partial charge in [-0.1, -0.05) is 45.9 Å². The highest BCUT2D eigenvalue weighted by Crippen LogP contribution is 2.34. The second kappa shape index (κ2) is 9.16. The first-order chi connectivity index (χ1) is 12.8. The second-order valence-electron chi connectivity index (χ2n) is 6.80. The molecule has 0 amide bonds. The smallest absolute Gasteiger partial charge is 0.465 e. The van der Waals surface area contributed by atoms with E-state index in [-0.39, 0.29) is 18.6 Å². The van der Waals surface area contributed by atoms with Gasteiger partial charge in [0.05, 0.1) is 7.11 Å². The predicted octanol–water partition coefficient (Wildman–Crippen LogP) is 4.18. The summed E-state index contributed by atoms with van der Waals surface area (Å²) < 4.78 is 17.0. The molecule has 0 bridgehead atoms. The summed E-state index contributed by atoms with van der Waals surface area (Å²) in [6, 6.07) is 9.17. The van der Waals surface area contributed by atoms with Gasteiger partial charge in [-0.05, 0) is 29.0 Å². The average molecular weight is 372 g/mol. The number of esters is 1. The largest absolute Gasteiger partial charge is 0.518 e. The van der Waals surface area contributed by atoms with Crippen molar-refractivity contribution < 1.29 is 28.4 Å². The summed E-state index contributed by atoms with van der Waals surface area (Å²) in [4.78, 5) is 23.8. The number of nitrogens with zero attached hydrogens (tertiary/aromatic N) is 1. The summed E-state index contributed by atoms with van der Waals surface area (Å²) in [6.45, 7) is 8.11. The van der Waals surface area contributed by atoms with Crippen molar-refractivity contribution in [1.82, 2.24) is 0 Å².